The van der Waals surface area contributed by atoms with Crippen LogP contribution in [0.5, 0.6) is 5.75 Å². The third-order valence-corrected chi connectivity index (χ3v) is 15.5. The van der Waals surface area contributed by atoms with Crippen LogP contribution in [-0.2, 0) is 52.8 Å². The Morgan fingerprint density at radius 3 is 2.48 bits per heavy atom. The lowest BCUT2D eigenvalue weighted by molar-refractivity contribution is -0.155. The smallest absolute Gasteiger partial charge is 0.324 e. The molecule has 3 amide bonds. The zero-order valence-electron chi connectivity index (χ0n) is 45.2. The predicted molar refractivity (Wildman–Crippen MR) is 283 cm³/mol. The molecule has 1 saturated carbocycles. The molecular formula is C58H77N7O8. The Kier molecular flexibility index (Phi) is 16.6. The number of hydrazine groups is 1. The van der Waals surface area contributed by atoms with E-state index in [-0.39, 0.29) is 55.0 Å². The highest BCUT2D eigenvalue weighted by molar-refractivity contribution is 5.99. The van der Waals surface area contributed by atoms with Gasteiger partial charge in [0, 0.05) is 73.6 Å². The van der Waals surface area contributed by atoms with Gasteiger partial charge in [-0.3, -0.25) is 38.9 Å². The number of phenols is 1. The minimum absolute atomic E-state index is 0.0135. The number of hydrogen-bond acceptors (Lipinski definition) is 11. The number of nitrogens with zero attached hydrogens (tertiary/aromatic N) is 5. The molecule has 7 atom stereocenters. The van der Waals surface area contributed by atoms with Crippen LogP contribution in [0.25, 0.3) is 33.3 Å². The molecule has 1 aliphatic carbocycles. The summed E-state index contributed by atoms with van der Waals surface area (Å²) in [6, 6.07) is 12.5. The first-order chi connectivity index (χ1) is 34.4. The molecule has 1 unspecified atom stereocenters. The largest absolute Gasteiger partial charge is 0.508 e. The second-order valence-corrected chi connectivity index (χ2v) is 22.5. The quantitative estimate of drug-likeness (QED) is 0.0771. The first-order valence-electron chi connectivity index (χ1n) is 26.0. The highest BCUT2D eigenvalue weighted by Gasteiger charge is 2.44. The number of carbonyl (C=O) groups excluding carboxylic acids is 5. The number of hydrogen-bond donors (Lipinski definition) is 3. The van der Waals surface area contributed by atoms with Crippen molar-refractivity contribution in [1.29, 1.82) is 0 Å². The highest BCUT2D eigenvalue weighted by Crippen LogP contribution is 2.43. The van der Waals surface area contributed by atoms with Crippen molar-refractivity contribution >= 4 is 40.4 Å². The molecule has 0 radical (unpaired) electrons. The number of carbonyl (C=O) groups is 5. The molecule has 0 spiro atoms. The number of rotatable bonds is 11. The van der Waals surface area contributed by atoms with Crippen molar-refractivity contribution in [3.63, 3.8) is 0 Å². The van der Waals surface area contributed by atoms with E-state index in [1.54, 1.807) is 32.5 Å². The minimum atomic E-state index is -1.18. The number of phenolic OH excluding ortho intramolecular Hbond substituents is 1. The van der Waals surface area contributed by atoms with Gasteiger partial charge in [-0.2, -0.15) is 0 Å². The van der Waals surface area contributed by atoms with Crippen molar-refractivity contribution in [2.24, 2.45) is 29.1 Å². The number of methoxy groups -OCH3 is 1. The second kappa shape index (κ2) is 22.2. The minimum Gasteiger partial charge on any atom is -0.508 e. The summed E-state index contributed by atoms with van der Waals surface area (Å²) in [5.74, 6) is 2.60. The molecule has 3 N–H and O–H groups in total. The van der Waals surface area contributed by atoms with E-state index in [9.17, 15) is 29.1 Å². The Morgan fingerprint density at radius 2 is 1.79 bits per heavy atom. The molecule has 2 aromatic carbocycles. The molecule has 73 heavy (non-hydrogen) atoms. The third kappa shape index (κ3) is 11.8. The van der Waals surface area contributed by atoms with Crippen LogP contribution in [-0.4, -0.2) is 124 Å². The number of pyridine rings is 1. The fourth-order valence-electron chi connectivity index (χ4n) is 10.9. The zero-order chi connectivity index (χ0) is 53.3. The van der Waals surface area contributed by atoms with Crippen LogP contribution in [0, 0.1) is 40.9 Å². The van der Waals surface area contributed by atoms with Gasteiger partial charge in [-0.05, 0) is 150 Å². The number of Topliss-reactive ketones (excluding diaryl/α,β-unsaturated/α-hetero) is 1. The second-order valence-electron chi connectivity index (χ2n) is 22.5. The van der Waals surface area contributed by atoms with Crippen LogP contribution in [0.2, 0.25) is 0 Å². The lowest BCUT2D eigenvalue weighted by atomic mass is 9.84. The summed E-state index contributed by atoms with van der Waals surface area (Å²) in [4.78, 5) is 79.7. The van der Waals surface area contributed by atoms with Crippen molar-refractivity contribution in [1.82, 2.24) is 35.1 Å². The maximum absolute atomic E-state index is 14.9. The van der Waals surface area contributed by atoms with Gasteiger partial charge in [-0.1, -0.05) is 52.7 Å². The number of aryl methyl sites for hydroxylation is 1. The fraction of sp³-hybridized carbons (Fsp3) is 0.552. The normalized spacial score (nSPS) is 22.3. The summed E-state index contributed by atoms with van der Waals surface area (Å²) in [5.41, 5.74) is 9.03. The van der Waals surface area contributed by atoms with Crippen molar-refractivity contribution in [2.45, 2.75) is 137 Å². The average molecular weight is 1000 g/mol. The van der Waals surface area contributed by atoms with E-state index in [0.29, 0.717) is 49.8 Å². The number of nitrogens with one attached hydrogen (secondary N) is 2. The molecule has 15 nitrogen and oxygen atoms in total. The molecule has 4 aromatic rings. The number of ether oxygens (including phenoxy) is 2. The SMILES string of the molecule is CCn1c(-c2cccnc2[C@H](C)OC)c2c3cc(ccc31)-c1cc(O)cc(c1)C[C@H](NC(=O)[C@H](C(C)C)N(C)C(=O)[C@@H]1CC(C(=O)C#CC(C)(C)N(C)C)C[C@@H]1C)C(=O)N1CCC[C@H](N1)C(=O)OCC(C)(C)C2. The number of cyclic esters (lactones) is 1. The first kappa shape index (κ1) is 54.7. The van der Waals surface area contributed by atoms with Crippen LogP contribution >= 0.6 is 0 Å². The maximum Gasteiger partial charge on any atom is 0.324 e. The number of esters is 1. The first-order valence-corrected chi connectivity index (χ1v) is 26.0. The molecule has 3 aliphatic rings. The average Bonchev–Trinajstić information content (AvgIpc) is 3.89. The van der Waals surface area contributed by atoms with Crippen molar-refractivity contribution in [2.75, 3.05) is 41.4 Å². The lowest BCUT2D eigenvalue weighted by Gasteiger charge is -2.37. The summed E-state index contributed by atoms with van der Waals surface area (Å²) in [6.07, 6.45) is 3.78. The maximum atomic E-state index is 14.9. The van der Waals surface area contributed by atoms with Crippen molar-refractivity contribution in [3.05, 3.63) is 71.5 Å². The topological polar surface area (TPSA) is 176 Å². The third-order valence-electron chi connectivity index (χ3n) is 15.5. The number of aromatic nitrogens is 2. The number of amides is 3. The molecule has 4 heterocycles. The molecule has 1 saturated heterocycles. The Morgan fingerprint density at radius 1 is 1.05 bits per heavy atom. The molecular weight excluding hydrogens is 923 g/mol. The Bertz CT molecular complexity index is 2800. The highest BCUT2D eigenvalue weighted by atomic mass is 16.5. The number of aromatic hydroxyl groups is 1. The van der Waals surface area contributed by atoms with Gasteiger partial charge >= 0.3 is 5.97 Å². The molecule has 2 aliphatic heterocycles. The summed E-state index contributed by atoms with van der Waals surface area (Å²) in [5, 5.41) is 16.8. The number of ketones is 1. The Hall–Kier alpha value is -6.08. The van der Waals surface area contributed by atoms with Gasteiger partial charge in [0.05, 0.1) is 29.6 Å². The van der Waals surface area contributed by atoms with Crippen LogP contribution in [0.3, 0.4) is 0 Å². The molecule has 6 bridgehead atoms. The number of benzene rings is 2. The van der Waals surface area contributed by atoms with Gasteiger partial charge in [0.15, 0.2) is 0 Å². The van der Waals surface area contributed by atoms with Gasteiger partial charge < -0.3 is 29.4 Å². The Balaban J connectivity index is 1.26. The standard InChI is InChI=1S/C58H77N7O8/c1-14-64-48-20-19-38-30-44(48)45(52(64)42-17-15-23-59-50(42)36(5)72-13)32-57(6,7)33-73-56(71)46-18-16-24-65(61-46)55(70)47(28-37-26-39(38)29-41(66)27-37)60-53(68)51(34(2)3)63(12)54(69)43-31-40(25-35(43)4)49(67)21-22-58(8,9)62(10)11/h15,17,19-20,23,26-27,29-30,34-36,40,43,46-47,51,61,66H,14,16,18,24-25,28,31-33H2,1-13H3,(H,60,68)/t35-,36-,40?,43+,46-,47-,51-/m0/s1. The number of likely N-dealkylation sites (N-methyl/N-ethyl adjacent to an activating group) is 1. The zero-order valence-corrected chi connectivity index (χ0v) is 45.2. The van der Waals surface area contributed by atoms with Gasteiger partial charge in [0.1, 0.15) is 23.9 Å². The van der Waals surface area contributed by atoms with Crippen LogP contribution < -0.4 is 10.7 Å². The molecule has 2 aromatic heterocycles. The van der Waals surface area contributed by atoms with E-state index >= 15 is 0 Å². The van der Waals surface area contributed by atoms with E-state index in [4.69, 9.17) is 14.5 Å². The molecule has 2 fully saturated rings. The van der Waals surface area contributed by atoms with E-state index in [1.165, 1.54) is 9.91 Å². The van der Waals surface area contributed by atoms with Crippen LogP contribution in [0.4, 0.5) is 0 Å². The van der Waals surface area contributed by atoms with E-state index in [1.807, 2.05) is 78.7 Å². The molecule has 392 valence electrons. The molecule has 15 heteroatoms. The van der Waals surface area contributed by atoms with E-state index in [0.717, 1.165) is 39.0 Å². The van der Waals surface area contributed by atoms with Gasteiger partial charge in [0.25, 0.3) is 5.91 Å². The van der Waals surface area contributed by atoms with Crippen molar-refractivity contribution in [3.8, 4) is 40.0 Å². The van der Waals surface area contributed by atoms with Gasteiger partial charge in [-0.15, -0.1) is 0 Å². The van der Waals surface area contributed by atoms with Crippen molar-refractivity contribution < 1.29 is 38.6 Å². The van der Waals surface area contributed by atoms with Gasteiger partial charge in [0.2, 0.25) is 17.6 Å². The van der Waals surface area contributed by atoms with Crippen LogP contribution in [0.1, 0.15) is 111 Å². The van der Waals surface area contributed by atoms with E-state index in [2.05, 4.69) is 66.1 Å². The monoisotopic (exact) mass is 1000 g/mol. The van der Waals surface area contributed by atoms with E-state index < -0.39 is 58.7 Å². The van der Waals surface area contributed by atoms with Gasteiger partial charge in [-0.25, -0.2) is 5.43 Å². The number of fused-ring (bicyclic) bond motifs is 6. The summed E-state index contributed by atoms with van der Waals surface area (Å²) >= 11 is 0. The predicted octanol–water partition coefficient (Wildman–Crippen LogP) is 7.51. The Labute approximate surface area is 431 Å². The summed E-state index contributed by atoms with van der Waals surface area (Å²) < 4.78 is 14.3. The molecule has 7 rings (SSSR count). The summed E-state index contributed by atoms with van der Waals surface area (Å²) in [7, 11) is 7.10. The lowest BCUT2D eigenvalue weighted by Crippen LogP contribution is -2.62. The summed E-state index contributed by atoms with van der Waals surface area (Å²) in [6.45, 7) is 18.8. The van der Waals surface area contributed by atoms with Crippen LogP contribution in [0.15, 0.2) is 54.7 Å². The fourth-order valence-corrected chi connectivity index (χ4v) is 10.9.